The molecular formula is C25H36. The van der Waals surface area contributed by atoms with E-state index in [1.807, 2.05) is 6.08 Å². The van der Waals surface area contributed by atoms with Crippen LogP contribution in [0.2, 0.25) is 0 Å². The van der Waals surface area contributed by atoms with Crippen LogP contribution in [-0.2, 0) is 0 Å². The van der Waals surface area contributed by atoms with Crippen molar-refractivity contribution in [2.75, 3.05) is 0 Å². The first-order chi connectivity index (χ1) is 12.2. The van der Waals surface area contributed by atoms with E-state index in [-0.39, 0.29) is 0 Å². The lowest BCUT2D eigenvalue weighted by atomic mass is 9.77. The number of unbranched alkanes of at least 4 members (excludes halogenated alkanes) is 3. The Bertz CT molecular complexity index is 546. The SMILES string of the molecule is C=CCC(C)C#Cc1ccc(C2CCC(CCCCCC)CC2)cc1. The molecule has 0 N–H and O–H groups in total. The molecule has 1 atom stereocenters. The Morgan fingerprint density at radius 1 is 1.08 bits per heavy atom. The van der Waals surface area contributed by atoms with Gasteiger partial charge < -0.3 is 0 Å². The highest BCUT2D eigenvalue weighted by Crippen LogP contribution is 2.37. The standard InChI is InChI=1S/C25H36/c1-4-6-7-8-10-22-13-17-24(18-14-22)25-19-15-23(16-20-25)12-11-21(3)9-5-2/h5,15-16,19-22,24H,2,4,6-10,13-14,17-18H2,1,3H3. The number of allylic oxidation sites excluding steroid dienone is 1. The maximum atomic E-state index is 3.78. The fourth-order valence-corrected chi connectivity index (χ4v) is 4.00. The van der Waals surface area contributed by atoms with Crippen LogP contribution in [-0.4, -0.2) is 0 Å². The van der Waals surface area contributed by atoms with Crippen LogP contribution in [0.15, 0.2) is 36.9 Å². The van der Waals surface area contributed by atoms with Crippen molar-refractivity contribution in [1.82, 2.24) is 0 Å². The molecule has 1 fully saturated rings. The highest BCUT2D eigenvalue weighted by molar-refractivity contribution is 5.37. The second kappa shape index (κ2) is 11.2. The average molecular weight is 337 g/mol. The minimum atomic E-state index is 0.393. The van der Waals surface area contributed by atoms with E-state index >= 15 is 0 Å². The summed E-state index contributed by atoms with van der Waals surface area (Å²) in [6, 6.07) is 9.04. The zero-order chi connectivity index (χ0) is 17.9. The molecule has 0 bridgehead atoms. The van der Waals surface area contributed by atoms with E-state index in [4.69, 9.17) is 0 Å². The summed E-state index contributed by atoms with van der Waals surface area (Å²) in [5, 5.41) is 0. The van der Waals surface area contributed by atoms with Gasteiger partial charge in [0.2, 0.25) is 0 Å². The van der Waals surface area contributed by atoms with Crippen molar-refractivity contribution >= 4 is 0 Å². The van der Waals surface area contributed by atoms with Gasteiger partial charge in [-0.25, -0.2) is 0 Å². The predicted octanol–water partition coefficient (Wildman–Crippen LogP) is 7.49. The van der Waals surface area contributed by atoms with E-state index in [2.05, 4.69) is 56.5 Å². The van der Waals surface area contributed by atoms with Gasteiger partial charge in [-0.15, -0.1) is 6.58 Å². The largest absolute Gasteiger partial charge is 0.103 e. The minimum absolute atomic E-state index is 0.393. The molecule has 1 unspecified atom stereocenters. The number of hydrogen-bond acceptors (Lipinski definition) is 0. The van der Waals surface area contributed by atoms with Crippen molar-refractivity contribution in [1.29, 1.82) is 0 Å². The van der Waals surface area contributed by atoms with Crippen molar-refractivity contribution in [2.24, 2.45) is 11.8 Å². The monoisotopic (exact) mass is 336 g/mol. The zero-order valence-corrected chi connectivity index (χ0v) is 16.4. The first-order valence-corrected chi connectivity index (χ1v) is 10.4. The number of rotatable bonds is 8. The minimum Gasteiger partial charge on any atom is -0.103 e. The van der Waals surface area contributed by atoms with Crippen molar-refractivity contribution in [2.45, 2.75) is 84.0 Å². The first kappa shape index (κ1) is 19.8. The van der Waals surface area contributed by atoms with Gasteiger partial charge in [0, 0.05) is 11.5 Å². The van der Waals surface area contributed by atoms with Gasteiger partial charge in [0.05, 0.1) is 0 Å². The molecule has 0 saturated heterocycles. The third-order valence-corrected chi connectivity index (χ3v) is 5.68. The molecule has 0 aliphatic heterocycles. The molecule has 0 amide bonds. The molecule has 0 spiro atoms. The summed E-state index contributed by atoms with van der Waals surface area (Å²) in [4.78, 5) is 0. The Balaban J connectivity index is 1.78. The smallest absolute Gasteiger partial charge is 0.0245 e. The van der Waals surface area contributed by atoms with E-state index < -0.39 is 0 Å². The highest BCUT2D eigenvalue weighted by Gasteiger charge is 2.21. The van der Waals surface area contributed by atoms with Crippen LogP contribution < -0.4 is 0 Å². The summed E-state index contributed by atoms with van der Waals surface area (Å²) in [7, 11) is 0. The predicted molar refractivity (Wildman–Crippen MR) is 111 cm³/mol. The van der Waals surface area contributed by atoms with Gasteiger partial charge >= 0.3 is 0 Å². The third-order valence-electron chi connectivity index (χ3n) is 5.68. The van der Waals surface area contributed by atoms with Crippen LogP contribution in [0.25, 0.3) is 0 Å². The molecule has 0 radical (unpaired) electrons. The number of benzene rings is 1. The fourth-order valence-electron chi connectivity index (χ4n) is 4.00. The zero-order valence-electron chi connectivity index (χ0n) is 16.4. The van der Waals surface area contributed by atoms with Crippen molar-refractivity contribution in [3.8, 4) is 11.8 Å². The average Bonchev–Trinajstić information content (AvgIpc) is 2.65. The molecule has 1 saturated carbocycles. The van der Waals surface area contributed by atoms with Gasteiger partial charge in [0.1, 0.15) is 0 Å². The molecule has 0 heteroatoms. The van der Waals surface area contributed by atoms with E-state index in [9.17, 15) is 0 Å². The van der Waals surface area contributed by atoms with E-state index in [1.54, 1.807) is 0 Å². The normalized spacial score (nSPS) is 21.2. The molecule has 1 aliphatic rings. The van der Waals surface area contributed by atoms with Gasteiger partial charge in [-0.1, -0.05) is 76.0 Å². The van der Waals surface area contributed by atoms with Gasteiger partial charge in [0.15, 0.2) is 0 Å². The molecule has 0 aromatic heterocycles. The molecule has 0 heterocycles. The summed E-state index contributed by atoms with van der Waals surface area (Å²) in [5.41, 5.74) is 2.67. The van der Waals surface area contributed by atoms with Gasteiger partial charge in [-0.2, -0.15) is 0 Å². The second-order valence-electron chi connectivity index (χ2n) is 7.88. The summed E-state index contributed by atoms with van der Waals surface area (Å²) in [6.07, 6.45) is 15.6. The molecule has 0 nitrogen and oxygen atoms in total. The Kier molecular flexibility index (Phi) is 8.89. The molecule has 1 aromatic rings. The van der Waals surface area contributed by atoms with Crippen molar-refractivity contribution in [3.05, 3.63) is 48.0 Å². The Labute approximate surface area is 156 Å². The highest BCUT2D eigenvalue weighted by atomic mass is 14.3. The Hall–Kier alpha value is -1.48. The number of hydrogen-bond donors (Lipinski definition) is 0. The summed E-state index contributed by atoms with van der Waals surface area (Å²) in [5.74, 6) is 8.77. The van der Waals surface area contributed by atoms with E-state index in [1.165, 1.54) is 63.4 Å². The second-order valence-corrected chi connectivity index (χ2v) is 7.88. The van der Waals surface area contributed by atoms with Crippen LogP contribution in [0.3, 0.4) is 0 Å². The molecular weight excluding hydrogens is 300 g/mol. The van der Waals surface area contributed by atoms with E-state index in [0.717, 1.165) is 23.8 Å². The molecule has 1 aliphatic carbocycles. The van der Waals surface area contributed by atoms with Gasteiger partial charge in [-0.3, -0.25) is 0 Å². The Morgan fingerprint density at radius 3 is 2.44 bits per heavy atom. The fraction of sp³-hybridized carbons (Fsp3) is 0.600. The van der Waals surface area contributed by atoms with Crippen molar-refractivity contribution < 1.29 is 0 Å². The lowest BCUT2D eigenvalue weighted by molar-refractivity contribution is 0.302. The molecule has 136 valence electrons. The topological polar surface area (TPSA) is 0 Å². The van der Waals surface area contributed by atoms with Crippen LogP contribution in [0.5, 0.6) is 0 Å². The lowest BCUT2D eigenvalue weighted by Crippen LogP contribution is -2.13. The van der Waals surface area contributed by atoms with Crippen LogP contribution in [0.4, 0.5) is 0 Å². The summed E-state index contributed by atoms with van der Waals surface area (Å²) in [6.45, 7) is 8.23. The first-order valence-electron chi connectivity index (χ1n) is 10.4. The van der Waals surface area contributed by atoms with Crippen LogP contribution in [0.1, 0.15) is 95.1 Å². The molecule has 2 rings (SSSR count). The molecule has 25 heavy (non-hydrogen) atoms. The lowest BCUT2D eigenvalue weighted by Gasteiger charge is -2.29. The summed E-state index contributed by atoms with van der Waals surface area (Å²) >= 11 is 0. The van der Waals surface area contributed by atoms with Gasteiger partial charge in [0.25, 0.3) is 0 Å². The van der Waals surface area contributed by atoms with Crippen LogP contribution in [0, 0.1) is 23.7 Å². The quantitative estimate of drug-likeness (QED) is 0.262. The Morgan fingerprint density at radius 2 is 1.80 bits per heavy atom. The third kappa shape index (κ3) is 7.11. The molecule has 1 aromatic carbocycles. The van der Waals surface area contributed by atoms with E-state index in [0.29, 0.717) is 5.92 Å². The van der Waals surface area contributed by atoms with Gasteiger partial charge in [-0.05, 0) is 61.6 Å². The maximum absolute atomic E-state index is 3.78. The maximum Gasteiger partial charge on any atom is 0.0245 e. The van der Waals surface area contributed by atoms with Crippen molar-refractivity contribution in [3.63, 3.8) is 0 Å². The summed E-state index contributed by atoms with van der Waals surface area (Å²) < 4.78 is 0. The van der Waals surface area contributed by atoms with Crippen LogP contribution >= 0.6 is 0 Å².